The average Bonchev–Trinajstić information content (AvgIpc) is 2.82. The number of aromatic nitrogens is 1. The van der Waals surface area contributed by atoms with Gasteiger partial charge in [-0.15, -0.1) is 0 Å². The number of H-pyrrole nitrogens is 1. The van der Waals surface area contributed by atoms with Crippen molar-refractivity contribution in [3.8, 4) is 0 Å². The summed E-state index contributed by atoms with van der Waals surface area (Å²) in [6, 6.07) is 14.8. The van der Waals surface area contributed by atoms with Crippen molar-refractivity contribution in [2.45, 2.75) is 13.0 Å². The summed E-state index contributed by atoms with van der Waals surface area (Å²) >= 11 is 6.35. The number of hydrogen-bond acceptors (Lipinski definition) is 1. The lowest BCUT2D eigenvalue weighted by atomic mass is 10.1. The first-order valence-electron chi connectivity index (χ1n) is 6.95. The number of aromatic amines is 1. The first-order valence-corrected chi connectivity index (χ1v) is 7.32. The zero-order chi connectivity index (χ0) is 14.7. The van der Waals surface area contributed by atoms with Gasteiger partial charge in [0, 0.05) is 23.1 Å². The van der Waals surface area contributed by atoms with Gasteiger partial charge < -0.3 is 10.3 Å². The van der Waals surface area contributed by atoms with Crippen molar-refractivity contribution < 1.29 is 4.39 Å². The minimum atomic E-state index is -0.150. The second-order valence-corrected chi connectivity index (χ2v) is 5.36. The quantitative estimate of drug-likeness (QED) is 0.676. The van der Waals surface area contributed by atoms with Crippen molar-refractivity contribution in [2.24, 2.45) is 0 Å². The van der Waals surface area contributed by atoms with E-state index in [4.69, 9.17) is 11.6 Å². The maximum atomic E-state index is 13.5. The van der Waals surface area contributed by atoms with E-state index >= 15 is 0 Å². The number of para-hydroxylation sites is 1. The molecule has 0 aliphatic heterocycles. The van der Waals surface area contributed by atoms with E-state index in [1.54, 1.807) is 6.07 Å². The minimum Gasteiger partial charge on any atom is -0.356 e. The molecular formula is C17H16ClFN2. The van der Waals surface area contributed by atoms with E-state index in [9.17, 15) is 4.39 Å². The van der Waals surface area contributed by atoms with Gasteiger partial charge in [-0.3, -0.25) is 0 Å². The Morgan fingerprint density at radius 1 is 1.05 bits per heavy atom. The Hall–Kier alpha value is -1.84. The van der Waals surface area contributed by atoms with Gasteiger partial charge in [-0.05, 0) is 30.7 Å². The number of fused-ring (bicyclic) bond motifs is 1. The number of benzene rings is 2. The lowest BCUT2D eigenvalue weighted by Gasteiger charge is -2.05. The van der Waals surface area contributed by atoms with Crippen LogP contribution in [0.4, 0.5) is 4.39 Å². The fourth-order valence-electron chi connectivity index (χ4n) is 2.42. The molecular weight excluding hydrogens is 287 g/mol. The second-order valence-electron chi connectivity index (χ2n) is 4.98. The molecule has 0 fully saturated rings. The molecule has 0 atom stereocenters. The van der Waals surface area contributed by atoms with E-state index < -0.39 is 0 Å². The lowest BCUT2D eigenvalue weighted by Crippen LogP contribution is -2.17. The van der Waals surface area contributed by atoms with Crippen molar-refractivity contribution in [1.82, 2.24) is 10.3 Å². The molecule has 0 saturated heterocycles. The monoisotopic (exact) mass is 302 g/mol. The van der Waals surface area contributed by atoms with E-state index in [1.165, 1.54) is 6.07 Å². The van der Waals surface area contributed by atoms with Crippen LogP contribution in [0.25, 0.3) is 10.9 Å². The summed E-state index contributed by atoms with van der Waals surface area (Å²) in [6.45, 7) is 1.34. The minimum absolute atomic E-state index is 0.150. The highest BCUT2D eigenvalue weighted by atomic mass is 35.5. The Labute approximate surface area is 127 Å². The van der Waals surface area contributed by atoms with Crippen molar-refractivity contribution in [2.75, 3.05) is 6.54 Å². The van der Waals surface area contributed by atoms with Crippen LogP contribution in [0.1, 0.15) is 11.3 Å². The molecule has 0 spiro atoms. The van der Waals surface area contributed by atoms with Gasteiger partial charge in [0.15, 0.2) is 0 Å². The third-order valence-corrected chi connectivity index (χ3v) is 3.98. The molecule has 0 unspecified atom stereocenters. The maximum absolute atomic E-state index is 13.5. The molecule has 0 amide bonds. The molecule has 0 aliphatic carbocycles. The Morgan fingerprint density at radius 3 is 2.62 bits per heavy atom. The van der Waals surface area contributed by atoms with Crippen molar-refractivity contribution >= 4 is 22.5 Å². The Bertz CT molecular complexity index is 751. The Balaban J connectivity index is 1.60. The molecule has 2 aromatic carbocycles. The van der Waals surface area contributed by atoms with Gasteiger partial charge in [0.1, 0.15) is 5.82 Å². The zero-order valence-electron chi connectivity index (χ0n) is 11.5. The first-order chi connectivity index (χ1) is 10.3. The average molecular weight is 303 g/mol. The van der Waals surface area contributed by atoms with Crippen LogP contribution in [0, 0.1) is 5.82 Å². The van der Waals surface area contributed by atoms with Gasteiger partial charge in [-0.1, -0.05) is 48.0 Å². The normalized spacial score (nSPS) is 11.1. The van der Waals surface area contributed by atoms with Gasteiger partial charge >= 0.3 is 0 Å². The third-order valence-electron chi connectivity index (χ3n) is 3.54. The summed E-state index contributed by atoms with van der Waals surface area (Å²) in [4.78, 5) is 3.31. The molecule has 0 radical (unpaired) electrons. The van der Waals surface area contributed by atoms with Crippen LogP contribution in [-0.4, -0.2) is 11.5 Å². The smallest absolute Gasteiger partial charge is 0.126 e. The second kappa shape index (κ2) is 6.29. The van der Waals surface area contributed by atoms with Crippen molar-refractivity contribution in [3.63, 3.8) is 0 Å². The predicted molar refractivity (Wildman–Crippen MR) is 85.1 cm³/mol. The Morgan fingerprint density at radius 2 is 1.81 bits per heavy atom. The zero-order valence-corrected chi connectivity index (χ0v) is 12.3. The molecule has 1 aromatic heterocycles. The molecule has 4 heteroatoms. The van der Waals surface area contributed by atoms with Gasteiger partial charge in [0.05, 0.1) is 5.02 Å². The number of rotatable bonds is 5. The van der Waals surface area contributed by atoms with Crippen LogP contribution in [0.15, 0.2) is 48.5 Å². The van der Waals surface area contributed by atoms with Crippen molar-refractivity contribution in [1.29, 1.82) is 0 Å². The Kier molecular flexibility index (Phi) is 4.23. The summed E-state index contributed by atoms with van der Waals surface area (Å²) in [5.74, 6) is -0.150. The standard InChI is InChI=1S/C17H16ClFN2/c18-17-13-6-2-4-8-15(13)21-16(17)11-20-10-9-12-5-1-3-7-14(12)19/h1-8,20-21H,9-11H2. The number of hydrogen-bond donors (Lipinski definition) is 2. The van der Waals surface area contributed by atoms with E-state index in [0.29, 0.717) is 19.5 Å². The highest BCUT2D eigenvalue weighted by Crippen LogP contribution is 2.26. The largest absolute Gasteiger partial charge is 0.356 e. The van der Waals surface area contributed by atoms with Gasteiger partial charge in [0.2, 0.25) is 0 Å². The van der Waals surface area contributed by atoms with E-state index in [1.807, 2.05) is 36.4 Å². The highest BCUT2D eigenvalue weighted by Gasteiger charge is 2.08. The fourth-order valence-corrected chi connectivity index (χ4v) is 2.70. The molecule has 108 valence electrons. The molecule has 3 aromatic rings. The van der Waals surface area contributed by atoms with Gasteiger partial charge in [-0.2, -0.15) is 0 Å². The first kappa shape index (κ1) is 14.1. The summed E-state index contributed by atoms with van der Waals surface area (Å²) in [7, 11) is 0. The van der Waals surface area contributed by atoms with E-state index in [0.717, 1.165) is 27.2 Å². The lowest BCUT2D eigenvalue weighted by molar-refractivity contribution is 0.597. The molecule has 2 N–H and O–H groups in total. The predicted octanol–water partition coefficient (Wildman–Crippen LogP) is 4.29. The van der Waals surface area contributed by atoms with Crippen LogP contribution in [0.5, 0.6) is 0 Å². The molecule has 0 aliphatic rings. The molecule has 1 heterocycles. The van der Waals surface area contributed by atoms with Crippen LogP contribution in [0.2, 0.25) is 5.02 Å². The molecule has 2 nitrogen and oxygen atoms in total. The molecule has 21 heavy (non-hydrogen) atoms. The van der Waals surface area contributed by atoms with Crippen LogP contribution in [-0.2, 0) is 13.0 Å². The third kappa shape index (κ3) is 3.09. The maximum Gasteiger partial charge on any atom is 0.126 e. The van der Waals surface area contributed by atoms with Crippen LogP contribution < -0.4 is 5.32 Å². The van der Waals surface area contributed by atoms with Crippen LogP contribution in [0.3, 0.4) is 0 Å². The van der Waals surface area contributed by atoms with E-state index in [-0.39, 0.29) is 5.82 Å². The SMILES string of the molecule is Fc1ccccc1CCNCc1[nH]c2ccccc2c1Cl. The van der Waals surface area contributed by atoms with Crippen molar-refractivity contribution in [3.05, 3.63) is 70.6 Å². The molecule has 0 bridgehead atoms. The fraction of sp³-hybridized carbons (Fsp3) is 0.176. The van der Waals surface area contributed by atoms with E-state index in [2.05, 4.69) is 10.3 Å². The molecule has 3 rings (SSSR count). The van der Waals surface area contributed by atoms with Gasteiger partial charge in [-0.25, -0.2) is 4.39 Å². The van der Waals surface area contributed by atoms with Gasteiger partial charge in [0.25, 0.3) is 0 Å². The molecule has 0 saturated carbocycles. The number of nitrogens with one attached hydrogen (secondary N) is 2. The summed E-state index contributed by atoms with van der Waals surface area (Å²) in [6.07, 6.45) is 0.657. The number of halogens is 2. The summed E-state index contributed by atoms with van der Waals surface area (Å²) < 4.78 is 13.5. The summed E-state index contributed by atoms with van der Waals surface area (Å²) in [5.41, 5.74) is 2.73. The van der Waals surface area contributed by atoms with Crippen LogP contribution >= 0.6 is 11.6 Å². The summed E-state index contributed by atoms with van der Waals surface area (Å²) in [5, 5.41) is 5.08. The topological polar surface area (TPSA) is 27.8 Å². The highest BCUT2D eigenvalue weighted by molar-refractivity contribution is 6.36.